The molecule has 2 fully saturated rings. The molecule has 4 heterocycles. The molecule has 1 saturated carbocycles. The molecule has 9 nitrogen and oxygen atoms in total. The number of rotatable bonds is 5. The van der Waals surface area contributed by atoms with Crippen molar-refractivity contribution in [2.45, 2.75) is 44.6 Å². The zero-order valence-electron chi connectivity index (χ0n) is 20.2. The third-order valence-electron chi connectivity index (χ3n) is 7.54. The maximum Gasteiger partial charge on any atom is 0.223 e. The van der Waals surface area contributed by atoms with Crippen LogP contribution in [0.3, 0.4) is 0 Å². The first kappa shape index (κ1) is 24.4. The van der Waals surface area contributed by atoms with Gasteiger partial charge < -0.3 is 5.32 Å². The van der Waals surface area contributed by atoms with Gasteiger partial charge in [0.25, 0.3) is 0 Å². The van der Waals surface area contributed by atoms with Crippen LogP contribution in [0.2, 0.25) is 0 Å². The predicted molar refractivity (Wildman–Crippen MR) is 144 cm³/mol. The molecule has 2 atom stereocenters. The van der Waals surface area contributed by atoms with Crippen LogP contribution >= 0.6 is 15.9 Å². The first-order valence-electron chi connectivity index (χ1n) is 12.6. The van der Waals surface area contributed by atoms with E-state index < -0.39 is 9.84 Å². The monoisotopic (exact) mass is 582 g/mol. The van der Waals surface area contributed by atoms with Gasteiger partial charge in [0.1, 0.15) is 20.3 Å². The van der Waals surface area contributed by atoms with Gasteiger partial charge in [0.15, 0.2) is 5.65 Å². The van der Waals surface area contributed by atoms with Crippen molar-refractivity contribution in [2.75, 3.05) is 11.5 Å². The molecule has 3 aromatic heterocycles. The highest BCUT2D eigenvalue weighted by atomic mass is 79.9. The summed E-state index contributed by atoms with van der Waals surface area (Å²) in [5.41, 5.74) is 2.55. The molecule has 1 amide bonds. The largest absolute Gasteiger partial charge is 0.353 e. The second kappa shape index (κ2) is 9.75. The van der Waals surface area contributed by atoms with Gasteiger partial charge in [-0.15, -0.1) is 0 Å². The Morgan fingerprint density at radius 3 is 2.78 bits per heavy atom. The average Bonchev–Trinajstić information content (AvgIpc) is 3.49. The first-order chi connectivity index (χ1) is 17.8. The quantitative estimate of drug-likeness (QED) is 0.380. The molecule has 0 spiro atoms. The van der Waals surface area contributed by atoms with Crippen LogP contribution in [0.15, 0.2) is 47.3 Å². The normalized spacial score (nSPS) is 22.0. The summed E-state index contributed by atoms with van der Waals surface area (Å²) in [6.07, 6.45) is 7.87. The number of nitrogens with zero attached hydrogens (tertiary/aromatic N) is 5. The van der Waals surface area contributed by atoms with Crippen molar-refractivity contribution in [2.24, 2.45) is 11.8 Å². The molecule has 37 heavy (non-hydrogen) atoms. The molecule has 1 aliphatic carbocycles. The van der Waals surface area contributed by atoms with Crippen LogP contribution < -0.4 is 5.32 Å². The minimum absolute atomic E-state index is 0.0366. The van der Waals surface area contributed by atoms with Crippen molar-refractivity contribution >= 4 is 53.6 Å². The Morgan fingerprint density at radius 1 is 1.11 bits per heavy atom. The minimum atomic E-state index is -2.94. The van der Waals surface area contributed by atoms with E-state index in [1.54, 1.807) is 6.20 Å². The number of carbonyl (C=O) groups is 1. The zero-order valence-corrected chi connectivity index (χ0v) is 22.6. The van der Waals surface area contributed by atoms with E-state index in [9.17, 15) is 13.2 Å². The number of halogens is 1. The number of sulfone groups is 1. The van der Waals surface area contributed by atoms with Crippen LogP contribution in [0.1, 0.15) is 37.9 Å². The van der Waals surface area contributed by atoms with Crippen molar-refractivity contribution < 1.29 is 13.2 Å². The van der Waals surface area contributed by atoms with E-state index in [4.69, 9.17) is 4.98 Å². The third-order valence-corrected chi connectivity index (χ3v) is 9.85. The molecule has 1 aromatic carbocycles. The number of benzene rings is 1. The van der Waals surface area contributed by atoms with E-state index in [1.165, 1.54) is 0 Å². The third kappa shape index (κ3) is 5.11. The van der Waals surface area contributed by atoms with Gasteiger partial charge in [-0.3, -0.25) is 9.78 Å². The van der Waals surface area contributed by atoms with E-state index in [0.29, 0.717) is 29.8 Å². The number of hydrogen-bond acceptors (Lipinski definition) is 7. The van der Waals surface area contributed by atoms with Crippen molar-refractivity contribution in [1.29, 1.82) is 0 Å². The molecular weight excluding hydrogens is 556 g/mol. The summed E-state index contributed by atoms with van der Waals surface area (Å²) in [4.78, 5) is 26.7. The standard InChI is InChI=1S/C26H27BrN6O3S/c27-24-21-15-29-23(31-25(21)33(32-24)20-5-6-22-17(14-20)2-1-9-28-22)13-16-3-4-18(12-16)26(34)30-19-7-10-37(35,36)11-8-19/h1-2,5-6,9,14-16,18-19H,3-4,7-8,10-13H2,(H,30,34)/t16-,18-/m1/s1. The Bertz CT molecular complexity index is 1590. The zero-order chi connectivity index (χ0) is 25.6. The van der Waals surface area contributed by atoms with Gasteiger partial charge in [-0.25, -0.2) is 23.1 Å². The molecule has 192 valence electrons. The molecule has 6 rings (SSSR count). The maximum atomic E-state index is 12.8. The Labute approximate surface area is 223 Å². The van der Waals surface area contributed by atoms with Crippen LogP contribution in [-0.4, -0.2) is 56.6 Å². The highest BCUT2D eigenvalue weighted by Crippen LogP contribution is 2.34. The minimum Gasteiger partial charge on any atom is -0.353 e. The van der Waals surface area contributed by atoms with E-state index >= 15 is 0 Å². The molecule has 1 N–H and O–H groups in total. The van der Waals surface area contributed by atoms with Crippen molar-refractivity contribution in [3.63, 3.8) is 0 Å². The van der Waals surface area contributed by atoms with Gasteiger partial charge in [0.2, 0.25) is 5.91 Å². The van der Waals surface area contributed by atoms with Gasteiger partial charge in [0, 0.05) is 36.2 Å². The summed E-state index contributed by atoms with van der Waals surface area (Å²) >= 11 is 3.55. The maximum absolute atomic E-state index is 12.8. The fourth-order valence-corrected chi connectivity index (χ4v) is 7.42. The van der Waals surface area contributed by atoms with Gasteiger partial charge in [-0.05, 0) is 78.2 Å². The summed E-state index contributed by atoms with van der Waals surface area (Å²) in [6, 6.07) is 9.91. The molecule has 11 heteroatoms. The second-order valence-corrected chi connectivity index (χ2v) is 13.2. The Kier molecular flexibility index (Phi) is 6.44. The summed E-state index contributed by atoms with van der Waals surface area (Å²) < 4.78 is 25.8. The molecule has 0 radical (unpaired) electrons. The Hall–Kier alpha value is -2.92. The Morgan fingerprint density at radius 2 is 1.95 bits per heavy atom. The van der Waals surface area contributed by atoms with E-state index in [-0.39, 0.29) is 29.4 Å². The lowest BCUT2D eigenvalue weighted by Crippen LogP contribution is -2.43. The topological polar surface area (TPSA) is 120 Å². The fourth-order valence-electron chi connectivity index (χ4n) is 5.49. The Balaban J connectivity index is 1.16. The lowest BCUT2D eigenvalue weighted by molar-refractivity contribution is -0.125. The SMILES string of the molecule is O=C(NC1CCS(=O)(=O)CC1)[C@@H]1CC[C@@H](Cc2ncc3c(Br)nn(-c4ccc5ncccc5c4)c3n2)C1. The number of fused-ring (bicyclic) bond motifs is 2. The summed E-state index contributed by atoms with van der Waals surface area (Å²) in [5.74, 6) is 1.40. The van der Waals surface area contributed by atoms with Crippen molar-refractivity contribution in [3.8, 4) is 5.69 Å². The molecule has 0 unspecified atom stereocenters. The van der Waals surface area contributed by atoms with Crippen molar-refractivity contribution in [1.82, 2.24) is 30.0 Å². The molecular formula is C26H27BrN6O3S. The summed E-state index contributed by atoms with van der Waals surface area (Å²) in [5, 5.41) is 9.62. The number of pyridine rings is 1. The number of carbonyl (C=O) groups excluding carboxylic acids is 1. The number of hydrogen-bond donors (Lipinski definition) is 1. The van der Waals surface area contributed by atoms with Gasteiger partial charge in [-0.2, -0.15) is 5.10 Å². The van der Waals surface area contributed by atoms with Gasteiger partial charge in [-0.1, -0.05) is 6.07 Å². The second-order valence-electron chi connectivity index (χ2n) is 10.1. The fraction of sp³-hybridized carbons (Fsp3) is 0.423. The lowest BCUT2D eigenvalue weighted by atomic mass is 10.00. The molecule has 4 aromatic rings. The van der Waals surface area contributed by atoms with Crippen LogP contribution in [0.5, 0.6) is 0 Å². The molecule has 1 aliphatic heterocycles. The van der Waals surface area contributed by atoms with E-state index in [1.807, 2.05) is 41.2 Å². The first-order valence-corrected chi connectivity index (χ1v) is 15.2. The molecule has 0 bridgehead atoms. The highest BCUT2D eigenvalue weighted by molar-refractivity contribution is 9.10. The van der Waals surface area contributed by atoms with E-state index in [2.05, 4.69) is 36.3 Å². The van der Waals surface area contributed by atoms with Crippen LogP contribution in [0.25, 0.3) is 27.6 Å². The van der Waals surface area contributed by atoms with Gasteiger partial charge in [0.05, 0.1) is 28.1 Å². The summed E-state index contributed by atoms with van der Waals surface area (Å²) in [7, 11) is -2.94. The van der Waals surface area contributed by atoms with Crippen LogP contribution in [0.4, 0.5) is 0 Å². The van der Waals surface area contributed by atoms with Crippen LogP contribution in [-0.2, 0) is 21.1 Å². The number of aromatic nitrogens is 5. The number of amides is 1. The highest BCUT2D eigenvalue weighted by Gasteiger charge is 2.33. The van der Waals surface area contributed by atoms with Crippen LogP contribution in [0, 0.1) is 11.8 Å². The smallest absolute Gasteiger partial charge is 0.223 e. The molecule has 2 aliphatic rings. The summed E-state index contributed by atoms with van der Waals surface area (Å²) in [6.45, 7) is 0. The van der Waals surface area contributed by atoms with Crippen molar-refractivity contribution in [3.05, 3.63) is 53.2 Å². The van der Waals surface area contributed by atoms with Gasteiger partial charge >= 0.3 is 0 Å². The lowest BCUT2D eigenvalue weighted by Gasteiger charge is -2.24. The number of nitrogens with one attached hydrogen (secondary N) is 1. The predicted octanol–water partition coefficient (Wildman–Crippen LogP) is 3.78. The van der Waals surface area contributed by atoms with E-state index in [0.717, 1.165) is 52.7 Å². The average molecular weight is 584 g/mol. The molecule has 1 saturated heterocycles.